The molecular formula is C26H29BrN2O3. The Bertz CT molecular complexity index is 995. The van der Waals surface area contributed by atoms with Crippen LogP contribution in [0.15, 0.2) is 52.5 Å². The summed E-state index contributed by atoms with van der Waals surface area (Å²) < 4.78 is 12.7. The summed E-state index contributed by atoms with van der Waals surface area (Å²) in [4.78, 5) is 12.7. The van der Waals surface area contributed by atoms with Crippen molar-refractivity contribution in [1.82, 2.24) is 5.32 Å². The number of rotatable bonds is 8. The molecule has 2 aromatic rings. The number of ether oxygens (including phenoxy) is 2. The molecular weight excluding hydrogens is 468 g/mol. The summed E-state index contributed by atoms with van der Waals surface area (Å²) in [5.41, 5.74) is 1.85. The average molecular weight is 497 g/mol. The summed E-state index contributed by atoms with van der Waals surface area (Å²) in [7, 11) is 0. The summed E-state index contributed by atoms with van der Waals surface area (Å²) in [6, 6.07) is 15.5. The number of carbonyl (C=O) groups excluding carboxylic acids is 1. The van der Waals surface area contributed by atoms with Crippen LogP contribution < -0.4 is 14.8 Å². The normalized spacial score (nSPS) is 18.5. The molecule has 1 saturated carbocycles. The van der Waals surface area contributed by atoms with E-state index >= 15 is 0 Å². The van der Waals surface area contributed by atoms with Crippen LogP contribution in [0.25, 0.3) is 6.08 Å². The van der Waals surface area contributed by atoms with Crippen molar-refractivity contribution in [3.63, 3.8) is 0 Å². The van der Waals surface area contributed by atoms with Gasteiger partial charge in [0.15, 0.2) is 11.5 Å². The molecule has 0 aliphatic heterocycles. The van der Waals surface area contributed by atoms with Gasteiger partial charge >= 0.3 is 0 Å². The third kappa shape index (κ3) is 6.61. The minimum absolute atomic E-state index is 0.0914. The molecule has 2 atom stereocenters. The van der Waals surface area contributed by atoms with E-state index in [1.54, 1.807) is 12.1 Å². The van der Waals surface area contributed by atoms with Crippen LogP contribution in [0.2, 0.25) is 0 Å². The first-order chi connectivity index (χ1) is 15.5. The molecule has 1 aliphatic carbocycles. The van der Waals surface area contributed by atoms with Crippen LogP contribution in [0.3, 0.4) is 0 Å². The van der Waals surface area contributed by atoms with Gasteiger partial charge in [0.25, 0.3) is 5.91 Å². The lowest BCUT2D eigenvalue weighted by molar-refractivity contribution is -0.118. The number of nitriles is 1. The Morgan fingerprint density at radius 3 is 2.59 bits per heavy atom. The van der Waals surface area contributed by atoms with Crippen LogP contribution >= 0.6 is 15.9 Å². The summed E-state index contributed by atoms with van der Waals surface area (Å²) >= 11 is 3.43. The molecule has 0 bridgehead atoms. The lowest BCUT2D eigenvalue weighted by Crippen LogP contribution is -2.41. The van der Waals surface area contributed by atoms with Crippen LogP contribution in [0, 0.1) is 17.2 Å². The standard InChI is InChI=1S/C26H29BrN2O3/c1-3-31-25-15-20(10-13-24(25)32-17-19-8-11-22(27)12-9-19)14-21(16-28)26(30)29-23-7-5-4-6-18(23)2/h8-15,18,23H,3-7,17H2,1-2H3,(H,29,30)/b21-14+/t18-,23-/m0/s1. The molecule has 2 aromatic carbocycles. The van der Waals surface area contributed by atoms with Crippen molar-refractivity contribution in [2.75, 3.05) is 6.61 Å². The van der Waals surface area contributed by atoms with Gasteiger partial charge in [0, 0.05) is 10.5 Å². The zero-order chi connectivity index (χ0) is 22.9. The van der Waals surface area contributed by atoms with Gasteiger partial charge in [-0.25, -0.2) is 0 Å². The van der Waals surface area contributed by atoms with E-state index in [-0.39, 0.29) is 17.5 Å². The van der Waals surface area contributed by atoms with Crippen molar-refractivity contribution >= 4 is 27.9 Å². The monoisotopic (exact) mass is 496 g/mol. The first-order valence-corrected chi connectivity index (χ1v) is 11.9. The Labute approximate surface area is 198 Å². The number of amides is 1. The van der Waals surface area contributed by atoms with Gasteiger partial charge in [-0.05, 0) is 67.2 Å². The number of hydrogen-bond donors (Lipinski definition) is 1. The van der Waals surface area contributed by atoms with Gasteiger partial charge in [0.05, 0.1) is 6.61 Å². The van der Waals surface area contributed by atoms with Crippen LogP contribution in [-0.2, 0) is 11.4 Å². The van der Waals surface area contributed by atoms with E-state index in [4.69, 9.17) is 9.47 Å². The highest BCUT2D eigenvalue weighted by Crippen LogP contribution is 2.30. The molecule has 1 N–H and O–H groups in total. The van der Waals surface area contributed by atoms with E-state index in [2.05, 4.69) is 28.2 Å². The molecule has 3 rings (SSSR count). The number of nitrogens with one attached hydrogen (secondary N) is 1. The lowest BCUT2D eigenvalue weighted by Gasteiger charge is -2.29. The van der Waals surface area contributed by atoms with Gasteiger partial charge in [-0.3, -0.25) is 4.79 Å². The molecule has 6 heteroatoms. The molecule has 32 heavy (non-hydrogen) atoms. The Hall–Kier alpha value is -2.78. The fraction of sp³-hybridized carbons (Fsp3) is 0.385. The predicted octanol–water partition coefficient (Wildman–Crippen LogP) is 6.03. The number of carbonyl (C=O) groups is 1. The fourth-order valence-corrected chi connectivity index (χ4v) is 4.10. The zero-order valence-corrected chi connectivity index (χ0v) is 20.2. The molecule has 0 unspecified atom stereocenters. The van der Waals surface area contributed by atoms with Crippen LogP contribution in [0.4, 0.5) is 0 Å². The number of hydrogen-bond acceptors (Lipinski definition) is 4. The second-order valence-corrected chi connectivity index (χ2v) is 8.98. The van der Waals surface area contributed by atoms with Gasteiger partial charge in [0.1, 0.15) is 18.2 Å². The van der Waals surface area contributed by atoms with E-state index in [0.717, 1.165) is 29.3 Å². The molecule has 1 amide bonds. The first-order valence-electron chi connectivity index (χ1n) is 11.1. The first kappa shape index (κ1) is 23.9. The van der Waals surface area contributed by atoms with E-state index in [1.165, 1.54) is 6.42 Å². The minimum Gasteiger partial charge on any atom is -0.490 e. The van der Waals surface area contributed by atoms with Crippen molar-refractivity contribution in [3.05, 3.63) is 63.6 Å². The molecule has 0 aromatic heterocycles. The molecule has 168 valence electrons. The Balaban J connectivity index is 1.73. The highest BCUT2D eigenvalue weighted by atomic mass is 79.9. The number of benzene rings is 2. The second-order valence-electron chi connectivity index (χ2n) is 8.07. The average Bonchev–Trinajstić information content (AvgIpc) is 2.79. The molecule has 5 nitrogen and oxygen atoms in total. The maximum atomic E-state index is 12.7. The fourth-order valence-electron chi connectivity index (χ4n) is 3.84. The quantitative estimate of drug-likeness (QED) is 0.357. The largest absolute Gasteiger partial charge is 0.490 e. The van der Waals surface area contributed by atoms with Crippen LogP contribution in [0.1, 0.15) is 50.7 Å². The third-order valence-electron chi connectivity index (χ3n) is 5.68. The van der Waals surface area contributed by atoms with Gasteiger partial charge < -0.3 is 14.8 Å². The van der Waals surface area contributed by atoms with Crippen LogP contribution in [-0.4, -0.2) is 18.6 Å². The highest BCUT2D eigenvalue weighted by molar-refractivity contribution is 9.10. The van der Waals surface area contributed by atoms with Crippen LogP contribution in [0.5, 0.6) is 11.5 Å². The number of halogens is 1. The molecule has 0 saturated heterocycles. The van der Waals surface area contributed by atoms with Gasteiger partial charge in [-0.1, -0.05) is 53.9 Å². The van der Waals surface area contributed by atoms with Crippen molar-refractivity contribution in [2.24, 2.45) is 5.92 Å². The summed E-state index contributed by atoms with van der Waals surface area (Å²) in [6.45, 7) is 4.95. The molecule has 1 fully saturated rings. The van der Waals surface area contributed by atoms with Gasteiger partial charge in [-0.2, -0.15) is 5.26 Å². The Morgan fingerprint density at radius 1 is 1.16 bits per heavy atom. The third-order valence-corrected chi connectivity index (χ3v) is 6.21. The summed E-state index contributed by atoms with van der Waals surface area (Å²) in [5, 5.41) is 12.6. The Morgan fingerprint density at radius 2 is 1.91 bits per heavy atom. The predicted molar refractivity (Wildman–Crippen MR) is 129 cm³/mol. The van der Waals surface area contributed by atoms with E-state index in [1.807, 2.05) is 49.4 Å². The minimum atomic E-state index is -0.320. The maximum absolute atomic E-state index is 12.7. The topological polar surface area (TPSA) is 71.3 Å². The van der Waals surface area contributed by atoms with Crippen molar-refractivity contribution in [1.29, 1.82) is 5.26 Å². The van der Waals surface area contributed by atoms with Gasteiger partial charge in [-0.15, -0.1) is 0 Å². The van der Waals surface area contributed by atoms with Gasteiger partial charge in [0.2, 0.25) is 0 Å². The van der Waals surface area contributed by atoms with E-state index in [9.17, 15) is 10.1 Å². The van der Waals surface area contributed by atoms with E-state index < -0.39 is 0 Å². The molecule has 1 aliphatic rings. The SMILES string of the molecule is CCOc1cc(/C=C(\C#N)C(=O)N[C@H]2CCCC[C@@H]2C)ccc1OCc1ccc(Br)cc1. The van der Waals surface area contributed by atoms with Crippen molar-refractivity contribution in [2.45, 2.75) is 52.2 Å². The molecule has 0 radical (unpaired) electrons. The maximum Gasteiger partial charge on any atom is 0.262 e. The smallest absolute Gasteiger partial charge is 0.262 e. The lowest BCUT2D eigenvalue weighted by atomic mass is 9.86. The summed E-state index contributed by atoms with van der Waals surface area (Å²) in [5.74, 6) is 1.31. The molecule has 0 spiro atoms. The summed E-state index contributed by atoms with van der Waals surface area (Å²) in [6.07, 6.45) is 5.98. The zero-order valence-electron chi connectivity index (χ0n) is 18.6. The molecule has 0 heterocycles. The van der Waals surface area contributed by atoms with E-state index in [0.29, 0.717) is 36.2 Å². The highest BCUT2D eigenvalue weighted by Gasteiger charge is 2.24. The number of nitrogens with zero attached hydrogens (tertiary/aromatic N) is 1. The van der Waals surface area contributed by atoms with Crippen molar-refractivity contribution in [3.8, 4) is 17.6 Å². The Kier molecular flexibility index (Phi) is 8.75. The second kappa shape index (κ2) is 11.7. The van der Waals surface area contributed by atoms with Crippen molar-refractivity contribution < 1.29 is 14.3 Å².